The van der Waals surface area contributed by atoms with Gasteiger partial charge in [0.2, 0.25) is 5.91 Å². The standard InChI is InChI=1S/C12H19NO/c13-11(14)12-5-8-1-2-9(6-12)4-10(3-8)7-12/h8-10H,1-7H2,(H2,13,14). The van der Waals surface area contributed by atoms with Crippen LogP contribution in [0.5, 0.6) is 0 Å². The molecule has 4 aliphatic carbocycles. The van der Waals surface area contributed by atoms with Crippen molar-refractivity contribution in [1.82, 2.24) is 0 Å². The first-order valence-corrected chi connectivity index (χ1v) is 5.98. The Morgan fingerprint density at radius 2 is 1.50 bits per heavy atom. The van der Waals surface area contributed by atoms with E-state index in [0.29, 0.717) is 0 Å². The zero-order chi connectivity index (χ0) is 9.76. The van der Waals surface area contributed by atoms with E-state index in [1.165, 1.54) is 25.7 Å². The fraction of sp³-hybridized carbons (Fsp3) is 0.917. The lowest BCUT2D eigenvalue weighted by atomic mass is 9.58. The lowest BCUT2D eigenvalue weighted by Gasteiger charge is -2.46. The Morgan fingerprint density at radius 3 is 2.00 bits per heavy atom. The largest absolute Gasteiger partial charge is 0.369 e. The van der Waals surface area contributed by atoms with Crippen molar-refractivity contribution in [1.29, 1.82) is 0 Å². The van der Waals surface area contributed by atoms with Gasteiger partial charge in [-0.1, -0.05) is 12.8 Å². The number of carbonyl (C=O) groups excluding carboxylic acids is 1. The SMILES string of the molecule is NC(=O)C12CC3CCC(CC(C3)C1)C2. The molecule has 78 valence electrons. The second kappa shape index (κ2) is 2.74. The summed E-state index contributed by atoms with van der Waals surface area (Å²) < 4.78 is 0. The summed E-state index contributed by atoms with van der Waals surface area (Å²) in [6.45, 7) is 0. The molecule has 0 heterocycles. The summed E-state index contributed by atoms with van der Waals surface area (Å²) in [5.41, 5.74) is 5.55. The lowest BCUT2D eigenvalue weighted by molar-refractivity contribution is -0.135. The van der Waals surface area contributed by atoms with Gasteiger partial charge in [-0.15, -0.1) is 0 Å². The van der Waals surface area contributed by atoms with Gasteiger partial charge in [0, 0.05) is 5.41 Å². The summed E-state index contributed by atoms with van der Waals surface area (Å²) >= 11 is 0. The second-order valence-electron chi connectivity index (χ2n) is 5.90. The highest BCUT2D eigenvalue weighted by atomic mass is 16.1. The third-order valence-corrected chi connectivity index (χ3v) is 4.88. The van der Waals surface area contributed by atoms with Crippen molar-refractivity contribution in [3.8, 4) is 0 Å². The molecule has 2 unspecified atom stereocenters. The Labute approximate surface area is 85.2 Å². The maximum Gasteiger partial charge on any atom is 0.223 e. The predicted octanol–water partition coefficient (Wildman–Crippen LogP) is 2.08. The van der Waals surface area contributed by atoms with Crippen LogP contribution in [0.25, 0.3) is 0 Å². The Bertz CT molecular complexity index is 257. The van der Waals surface area contributed by atoms with Crippen LogP contribution in [-0.2, 0) is 4.79 Å². The predicted molar refractivity (Wildman–Crippen MR) is 54.4 cm³/mol. The minimum Gasteiger partial charge on any atom is -0.369 e. The topological polar surface area (TPSA) is 43.1 Å². The first-order chi connectivity index (χ1) is 6.68. The van der Waals surface area contributed by atoms with Crippen molar-refractivity contribution in [2.24, 2.45) is 28.9 Å². The number of rotatable bonds is 1. The van der Waals surface area contributed by atoms with Crippen LogP contribution in [-0.4, -0.2) is 5.91 Å². The summed E-state index contributed by atoms with van der Waals surface area (Å²) in [6, 6.07) is 0. The van der Waals surface area contributed by atoms with Crippen molar-refractivity contribution >= 4 is 5.91 Å². The minimum absolute atomic E-state index is 0.00111. The van der Waals surface area contributed by atoms with Gasteiger partial charge in [0.25, 0.3) is 0 Å². The van der Waals surface area contributed by atoms with E-state index in [1.54, 1.807) is 0 Å². The lowest BCUT2D eigenvalue weighted by Crippen LogP contribution is -2.46. The third kappa shape index (κ3) is 1.12. The summed E-state index contributed by atoms with van der Waals surface area (Å²) in [5.74, 6) is 2.45. The van der Waals surface area contributed by atoms with Gasteiger partial charge in [0.1, 0.15) is 0 Å². The minimum atomic E-state index is -0.0764. The molecule has 2 heteroatoms. The van der Waals surface area contributed by atoms with Crippen molar-refractivity contribution in [3.05, 3.63) is 0 Å². The molecule has 0 radical (unpaired) electrons. The molecule has 2 atom stereocenters. The molecule has 1 amide bonds. The van der Waals surface area contributed by atoms with Gasteiger partial charge in [0.15, 0.2) is 0 Å². The van der Waals surface area contributed by atoms with Crippen LogP contribution in [0.4, 0.5) is 0 Å². The zero-order valence-electron chi connectivity index (χ0n) is 8.67. The van der Waals surface area contributed by atoms with Gasteiger partial charge in [-0.2, -0.15) is 0 Å². The average molecular weight is 193 g/mol. The van der Waals surface area contributed by atoms with Crippen LogP contribution in [0, 0.1) is 23.2 Å². The van der Waals surface area contributed by atoms with Gasteiger partial charge in [-0.25, -0.2) is 0 Å². The third-order valence-electron chi connectivity index (χ3n) is 4.88. The summed E-state index contributed by atoms with van der Waals surface area (Å²) in [7, 11) is 0. The van der Waals surface area contributed by atoms with Crippen LogP contribution in [0.2, 0.25) is 0 Å². The smallest absolute Gasteiger partial charge is 0.223 e. The summed E-state index contributed by atoms with van der Waals surface area (Å²) in [6.07, 6.45) is 8.80. The van der Waals surface area contributed by atoms with Crippen molar-refractivity contribution < 1.29 is 4.79 Å². The molecule has 4 aliphatic rings. The van der Waals surface area contributed by atoms with E-state index >= 15 is 0 Å². The molecule has 14 heavy (non-hydrogen) atoms. The normalized spacial score (nSPS) is 50.4. The van der Waals surface area contributed by atoms with E-state index in [-0.39, 0.29) is 11.3 Å². The number of fused-ring (bicyclic) bond motifs is 1. The highest BCUT2D eigenvalue weighted by molar-refractivity contribution is 5.81. The Morgan fingerprint density at radius 1 is 1.00 bits per heavy atom. The molecule has 2 nitrogen and oxygen atoms in total. The first-order valence-electron chi connectivity index (χ1n) is 5.98. The molecule has 0 aliphatic heterocycles. The van der Waals surface area contributed by atoms with E-state index in [1.807, 2.05) is 0 Å². The number of nitrogens with two attached hydrogens (primary N) is 1. The maximum absolute atomic E-state index is 11.6. The second-order valence-corrected chi connectivity index (χ2v) is 5.90. The highest BCUT2D eigenvalue weighted by Crippen LogP contribution is 2.57. The van der Waals surface area contributed by atoms with Crippen LogP contribution in [0.3, 0.4) is 0 Å². The monoisotopic (exact) mass is 193 g/mol. The van der Waals surface area contributed by atoms with Crippen LogP contribution >= 0.6 is 0 Å². The van der Waals surface area contributed by atoms with Gasteiger partial charge in [-0.3, -0.25) is 4.79 Å². The molecule has 0 aromatic carbocycles. The molecule has 0 aromatic rings. The van der Waals surface area contributed by atoms with Crippen molar-refractivity contribution in [2.75, 3.05) is 0 Å². The van der Waals surface area contributed by atoms with E-state index in [4.69, 9.17) is 5.73 Å². The van der Waals surface area contributed by atoms with E-state index in [9.17, 15) is 4.79 Å². The first kappa shape index (κ1) is 8.75. The van der Waals surface area contributed by atoms with Crippen molar-refractivity contribution in [3.63, 3.8) is 0 Å². The van der Waals surface area contributed by atoms with Gasteiger partial charge >= 0.3 is 0 Å². The Balaban J connectivity index is 1.97. The Kier molecular flexibility index (Phi) is 1.71. The van der Waals surface area contributed by atoms with Crippen LogP contribution < -0.4 is 5.73 Å². The summed E-state index contributed by atoms with van der Waals surface area (Å²) in [4.78, 5) is 11.6. The molecule has 0 aromatic heterocycles. The number of amides is 1. The average Bonchev–Trinajstić information content (AvgIpc) is 2.32. The van der Waals surface area contributed by atoms with Crippen LogP contribution in [0.1, 0.15) is 44.9 Å². The molecule has 0 saturated heterocycles. The quantitative estimate of drug-likeness (QED) is 0.680. The highest BCUT2D eigenvalue weighted by Gasteiger charge is 2.51. The molecule has 4 rings (SSSR count). The van der Waals surface area contributed by atoms with E-state index < -0.39 is 0 Å². The van der Waals surface area contributed by atoms with Gasteiger partial charge in [0.05, 0.1) is 0 Å². The van der Waals surface area contributed by atoms with E-state index in [0.717, 1.165) is 37.0 Å². The number of carbonyl (C=O) groups is 1. The number of hydrogen-bond donors (Lipinski definition) is 1. The molecule has 4 fully saturated rings. The molecular formula is C12H19NO. The molecule has 4 bridgehead atoms. The van der Waals surface area contributed by atoms with Crippen LogP contribution in [0.15, 0.2) is 0 Å². The maximum atomic E-state index is 11.6. The fourth-order valence-electron chi connectivity index (χ4n) is 4.49. The number of primary amides is 1. The zero-order valence-corrected chi connectivity index (χ0v) is 8.67. The van der Waals surface area contributed by atoms with Gasteiger partial charge in [-0.05, 0) is 49.9 Å². The summed E-state index contributed by atoms with van der Waals surface area (Å²) in [5, 5.41) is 0. The fourth-order valence-corrected chi connectivity index (χ4v) is 4.49. The Hall–Kier alpha value is -0.530. The molecular weight excluding hydrogens is 174 g/mol. The molecule has 4 saturated carbocycles. The molecule has 0 spiro atoms. The van der Waals surface area contributed by atoms with Crippen molar-refractivity contribution in [2.45, 2.75) is 44.9 Å². The van der Waals surface area contributed by atoms with Gasteiger partial charge < -0.3 is 5.73 Å². The van der Waals surface area contributed by atoms with E-state index in [2.05, 4.69) is 0 Å². The molecule has 2 N–H and O–H groups in total. The number of hydrogen-bond acceptors (Lipinski definition) is 1.